The maximum absolute atomic E-state index is 10.9. The first-order chi connectivity index (χ1) is 9.10. The summed E-state index contributed by atoms with van der Waals surface area (Å²) in [7, 11) is 0. The van der Waals surface area contributed by atoms with Crippen LogP contribution in [0.3, 0.4) is 0 Å². The SMILES string of the molecule is N#CC(CC1CCC(C2CCC(N)CC2)S1)C(=O)O. The van der Waals surface area contributed by atoms with Crippen molar-refractivity contribution in [2.75, 3.05) is 0 Å². The Morgan fingerprint density at radius 2 is 2.00 bits per heavy atom. The molecule has 19 heavy (non-hydrogen) atoms. The third kappa shape index (κ3) is 3.87. The predicted molar refractivity (Wildman–Crippen MR) is 75.7 cm³/mol. The Kier molecular flexibility index (Phi) is 5.12. The molecular formula is C14H22N2O2S. The van der Waals surface area contributed by atoms with Crippen molar-refractivity contribution in [3.63, 3.8) is 0 Å². The molecular weight excluding hydrogens is 260 g/mol. The van der Waals surface area contributed by atoms with Crippen molar-refractivity contribution in [1.82, 2.24) is 0 Å². The number of carbonyl (C=O) groups is 1. The quantitative estimate of drug-likeness (QED) is 0.826. The maximum atomic E-state index is 10.9. The summed E-state index contributed by atoms with van der Waals surface area (Å²) in [4.78, 5) is 10.9. The van der Waals surface area contributed by atoms with Crippen LogP contribution >= 0.6 is 11.8 Å². The van der Waals surface area contributed by atoms with Gasteiger partial charge in [-0.05, 0) is 50.9 Å². The van der Waals surface area contributed by atoms with Crippen molar-refractivity contribution >= 4 is 17.7 Å². The minimum absolute atomic E-state index is 0.348. The molecule has 0 bridgehead atoms. The van der Waals surface area contributed by atoms with Crippen molar-refractivity contribution < 1.29 is 9.90 Å². The molecule has 3 unspecified atom stereocenters. The molecule has 2 rings (SSSR count). The van der Waals surface area contributed by atoms with Gasteiger partial charge in [-0.2, -0.15) is 17.0 Å². The highest BCUT2D eigenvalue weighted by atomic mass is 32.2. The van der Waals surface area contributed by atoms with E-state index in [1.807, 2.05) is 17.8 Å². The average Bonchev–Trinajstić information content (AvgIpc) is 2.85. The van der Waals surface area contributed by atoms with Gasteiger partial charge in [0.15, 0.2) is 0 Å². The summed E-state index contributed by atoms with van der Waals surface area (Å²) in [5, 5.41) is 18.8. The van der Waals surface area contributed by atoms with Gasteiger partial charge in [-0.3, -0.25) is 4.79 Å². The zero-order valence-electron chi connectivity index (χ0n) is 11.1. The summed E-state index contributed by atoms with van der Waals surface area (Å²) in [5.74, 6) is -1.06. The second-order valence-electron chi connectivity index (χ2n) is 5.80. The summed E-state index contributed by atoms with van der Waals surface area (Å²) in [5.41, 5.74) is 5.93. The molecule has 1 saturated carbocycles. The highest BCUT2D eigenvalue weighted by Crippen LogP contribution is 2.44. The first-order valence-corrected chi connectivity index (χ1v) is 8.08. The molecule has 3 atom stereocenters. The van der Waals surface area contributed by atoms with Crippen LogP contribution in [0, 0.1) is 23.2 Å². The fourth-order valence-electron chi connectivity index (χ4n) is 3.24. The number of hydrogen-bond acceptors (Lipinski definition) is 4. The fraction of sp³-hybridized carbons (Fsp3) is 0.857. The maximum Gasteiger partial charge on any atom is 0.320 e. The van der Waals surface area contributed by atoms with Crippen LogP contribution in [0.1, 0.15) is 44.9 Å². The lowest BCUT2D eigenvalue weighted by Gasteiger charge is -2.30. The lowest BCUT2D eigenvalue weighted by Crippen LogP contribution is -2.30. The normalized spacial score (nSPS) is 36.6. The van der Waals surface area contributed by atoms with E-state index >= 15 is 0 Å². The number of rotatable bonds is 4. The Labute approximate surface area is 118 Å². The zero-order valence-corrected chi connectivity index (χ0v) is 11.9. The summed E-state index contributed by atoms with van der Waals surface area (Å²) < 4.78 is 0. The van der Waals surface area contributed by atoms with E-state index in [9.17, 15) is 4.79 Å². The molecule has 1 aliphatic carbocycles. The summed E-state index contributed by atoms with van der Waals surface area (Å²) in [6.45, 7) is 0. The number of thioether (sulfide) groups is 1. The van der Waals surface area contributed by atoms with Gasteiger partial charge in [0.2, 0.25) is 0 Å². The molecule has 0 spiro atoms. The summed E-state index contributed by atoms with van der Waals surface area (Å²) in [6.07, 6.45) is 7.42. The van der Waals surface area contributed by atoms with E-state index in [0.717, 1.165) is 25.2 Å². The Hall–Kier alpha value is -0.730. The van der Waals surface area contributed by atoms with E-state index in [4.69, 9.17) is 16.1 Å². The molecule has 4 nitrogen and oxygen atoms in total. The molecule has 2 aliphatic rings. The number of carboxylic acids is 1. The predicted octanol–water partition coefficient (Wildman–Crippen LogP) is 2.38. The van der Waals surface area contributed by atoms with Crippen LogP contribution in [-0.4, -0.2) is 27.6 Å². The van der Waals surface area contributed by atoms with Crippen molar-refractivity contribution in [2.45, 2.75) is 61.5 Å². The topological polar surface area (TPSA) is 87.1 Å². The van der Waals surface area contributed by atoms with Crippen LogP contribution in [0.5, 0.6) is 0 Å². The molecule has 1 aliphatic heterocycles. The Balaban J connectivity index is 1.80. The molecule has 0 aromatic rings. The van der Waals surface area contributed by atoms with E-state index in [1.165, 1.54) is 19.3 Å². The van der Waals surface area contributed by atoms with Gasteiger partial charge >= 0.3 is 5.97 Å². The highest BCUT2D eigenvalue weighted by Gasteiger charge is 2.35. The van der Waals surface area contributed by atoms with Crippen molar-refractivity contribution in [2.24, 2.45) is 17.6 Å². The van der Waals surface area contributed by atoms with Crippen LogP contribution in [0.4, 0.5) is 0 Å². The van der Waals surface area contributed by atoms with Crippen LogP contribution < -0.4 is 5.73 Å². The lowest BCUT2D eigenvalue weighted by atomic mass is 9.83. The Morgan fingerprint density at radius 3 is 2.58 bits per heavy atom. The van der Waals surface area contributed by atoms with Gasteiger partial charge in [0.25, 0.3) is 0 Å². The van der Waals surface area contributed by atoms with Gasteiger partial charge in [-0.25, -0.2) is 0 Å². The zero-order chi connectivity index (χ0) is 13.8. The van der Waals surface area contributed by atoms with E-state index in [-0.39, 0.29) is 0 Å². The molecule has 0 aromatic carbocycles. The van der Waals surface area contributed by atoms with Crippen molar-refractivity contribution in [3.8, 4) is 6.07 Å². The van der Waals surface area contributed by atoms with Gasteiger partial charge in [-0.15, -0.1) is 0 Å². The number of hydrogen-bond donors (Lipinski definition) is 2. The highest BCUT2D eigenvalue weighted by molar-refractivity contribution is 8.00. The minimum atomic E-state index is -0.977. The van der Waals surface area contributed by atoms with Crippen molar-refractivity contribution in [3.05, 3.63) is 0 Å². The Bertz CT molecular complexity index is 361. The fourth-order valence-corrected chi connectivity index (χ4v) is 5.08. The van der Waals surface area contributed by atoms with E-state index in [2.05, 4.69) is 0 Å². The Morgan fingerprint density at radius 1 is 1.32 bits per heavy atom. The van der Waals surface area contributed by atoms with Gasteiger partial charge in [0.05, 0.1) is 6.07 Å². The number of nitriles is 1. The van der Waals surface area contributed by atoms with Crippen LogP contribution in [0.15, 0.2) is 0 Å². The average molecular weight is 282 g/mol. The number of aliphatic carboxylic acids is 1. The largest absolute Gasteiger partial charge is 0.480 e. The first kappa shape index (κ1) is 14.7. The van der Waals surface area contributed by atoms with E-state index < -0.39 is 11.9 Å². The van der Waals surface area contributed by atoms with Gasteiger partial charge < -0.3 is 10.8 Å². The minimum Gasteiger partial charge on any atom is -0.480 e. The van der Waals surface area contributed by atoms with Gasteiger partial charge in [-0.1, -0.05) is 0 Å². The second-order valence-corrected chi connectivity index (χ2v) is 7.35. The summed E-state index contributed by atoms with van der Waals surface area (Å²) in [6, 6.07) is 2.28. The molecule has 1 saturated heterocycles. The molecule has 2 fully saturated rings. The lowest BCUT2D eigenvalue weighted by molar-refractivity contribution is -0.139. The monoisotopic (exact) mass is 282 g/mol. The van der Waals surface area contributed by atoms with E-state index in [0.29, 0.717) is 23.0 Å². The molecule has 106 valence electrons. The molecule has 1 heterocycles. The molecule has 3 N–H and O–H groups in total. The van der Waals surface area contributed by atoms with Crippen LogP contribution in [0.25, 0.3) is 0 Å². The summed E-state index contributed by atoms with van der Waals surface area (Å²) >= 11 is 1.92. The number of carboxylic acid groups (broad SMARTS) is 1. The van der Waals surface area contributed by atoms with Gasteiger partial charge in [0.1, 0.15) is 5.92 Å². The number of nitrogens with zero attached hydrogens (tertiary/aromatic N) is 1. The molecule has 0 amide bonds. The first-order valence-electron chi connectivity index (χ1n) is 7.13. The van der Waals surface area contributed by atoms with E-state index in [1.54, 1.807) is 0 Å². The standard InChI is InChI=1S/C14H22N2O2S/c15-8-10(14(17)18)7-12-5-6-13(19-12)9-1-3-11(16)4-2-9/h9-13H,1-7,16H2,(H,17,18). The van der Waals surface area contributed by atoms with Crippen molar-refractivity contribution in [1.29, 1.82) is 5.26 Å². The number of nitrogens with two attached hydrogens (primary N) is 1. The third-order valence-corrected chi connectivity index (χ3v) is 6.22. The van der Waals surface area contributed by atoms with Crippen LogP contribution in [0.2, 0.25) is 0 Å². The van der Waals surface area contributed by atoms with Gasteiger partial charge in [0, 0.05) is 16.5 Å². The molecule has 0 aromatic heterocycles. The second kappa shape index (κ2) is 6.62. The van der Waals surface area contributed by atoms with Crippen LogP contribution in [-0.2, 0) is 4.79 Å². The molecule has 5 heteroatoms. The smallest absolute Gasteiger partial charge is 0.320 e. The third-order valence-electron chi connectivity index (χ3n) is 4.44. The molecule has 0 radical (unpaired) electrons.